The monoisotopic (exact) mass is 412 g/mol. The quantitative estimate of drug-likeness (QED) is 0.510. The van der Waals surface area contributed by atoms with Crippen molar-refractivity contribution in [2.75, 3.05) is 26.2 Å². The highest BCUT2D eigenvalue weighted by molar-refractivity contribution is 5.80. The highest BCUT2D eigenvalue weighted by Crippen LogP contribution is 2.24. The lowest BCUT2D eigenvalue weighted by Crippen LogP contribution is -2.49. The fourth-order valence-corrected chi connectivity index (χ4v) is 3.75. The van der Waals surface area contributed by atoms with Crippen LogP contribution in [0.1, 0.15) is 69.8 Å². The van der Waals surface area contributed by atoms with Gasteiger partial charge in [-0.1, -0.05) is 49.3 Å². The zero-order valence-electron chi connectivity index (χ0n) is 18.8. The van der Waals surface area contributed by atoms with E-state index in [0.717, 1.165) is 44.3 Å². The molecular weight excluding hydrogens is 376 g/mol. The van der Waals surface area contributed by atoms with E-state index in [-0.39, 0.29) is 5.92 Å². The molecule has 0 aliphatic carbocycles. The summed E-state index contributed by atoms with van der Waals surface area (Å²) >= 11 is 0. The van der Waals surface area contributed by atoms with Gasteiger partial charge >= 0.3 is 0 Å². The van der Waals surface area contributed by atoms with Gasteiger partial charge in [-0.15, -0.1) is 0 Å². The second-order valence-corrected chi connectivity index (χ2v) is 8.25. The number of hydrogen-bond donors (Lipinski definition) is 2. The van der Waals surface area contributed by atoms with Gasteiger partial charge in [-0.3, -0.25) is 9.89 Å². The first-order chi connectivity index (χ1) is 14.6. The van der Waals surface area contributed by atoms with Crippen LogP contribution >= 0.6 is 0 Å². The van der Waals surface area contributed by atoms with Crippen molar-refractivity contribution in [1.29, 1.82) is 0 Å². The van der Waals surface area contributed by atoms with Gasteiger partial charge in [0.2, 0.25) is 5.89 Å². The molecule has 2 N–H and O–H groups in total. The molecule has 1 aromatic carbocycles. The summed E-state index contributed by atoms with van der Waals surface area (Å²) in [7, 11) is 0. The molecule has 30 heavy (non-hydrogen) atoms. The predicted molar refractivity (Wildman–Crippen MR) is 121 cm³/mol. The maximum atomic E-state index is 5.31. The summed E-state index contributed by atoms with van der Waals surface area (Å²) in [5, 5.41) is 11.0. The second-order valence-electron chi connectivity index (χ2n) is 8.25. The molecule has 0 radical (unpaired) electrons. The zero-order valence-corrected chi connectivity index (χ0v) is 18.8. The number of hydrogen-bond acceptors (Lipinski definition) is 5. The summed E-state index contributed by atoms with van der Waals surface area (Å²) in [6.45, 7) is 12.2. The summed E-state index contributed by atoms with van der Waals surface area (Å²) in [5.41, 5.74) is 1.39. The van der Waals surface area contributed by atoms with Gasteiger partial charge in [-0.25, -0.2) is 0 Å². The van der Waals surface area contributed by atoms with Gasteiger partial charge in [0.15, 0.2) is 11.8 Å². The number of benzene rings is 1. The highest BCUT2D eigenvalue weighted by Gasteiger charge is 2.24. The molecule has 0 saturated carbocycles. The van der Waals surface area contributed by atoms with Gasteiger partial charge in [0.25, 0.3) is 0 Å². The van der Waals surface area contributed by atoms with Crippen molar-refractivity contribution in [2.45, 2.75) is 65.0 Å². The third-order valence-corrected chi connectivity index (χ3v) is 5.64. The predicted octanol–water partition coefficient (Wildman–Crippen LogP) is 3.52. The number of guanidine groups is 1. The zero-order chi connectivity index (χ0) is 21.3. The Morgan fingerprint density at radius 1 is 1.20 bits per heavy atom. The van der Waals surface area contributed by atoms with E-state index in [2.05, 4.69) is 83.7 Å². The number of likely N-dealkylation sites (tertiary alicyclic amines) is 1. The van der Waals surface area contributed by atoms with Crippen LogP contribution in [0.5, 0.6) is 0 Å². The number of rotatable bonds is 8. The van der Waals surface area contributed by atoms with E-state index in [4.69, 9.17) is 9.52 Å². The van der Waals surface area contributed by atoms with Crippen molar-refractivity contribution in [3.63, 3.8) is 0 Å². The highest BCUT2D eigenvalue weighted by atomic mass is 16.5. The van der Waals surface area contributed by atoms with Crippen LogP contribution in [0.2, 0.25) is 0 Å². The molecule has 7 nitrogen and oxygen atoms in total. The molecule has 1 aliphatic heterocycles. The molecule has 1 atom stereocenters. The minimum Gasteiger partial charge on any atom is -0.357 e. The molecule has 0 amide bonds. The molecule has 3 rings (SSSR count). The Bertz CT molecular complexity index is 780. The van der Waals surface area contributed by atoms with E-state index in [0.29, 0.717) is 30.9 Å². The average molecular weight is 413 g/mol. The smallest absolute Gasteiger partial charge is 0.228 e. The first-order valence-electron chi connectivity index (χ1n) is 11.2. The van der Waals surface area contributed by atoms with Crippen LogP contribution in [0.3, 0.4) is 0 Å². The SMILES string of the molecule is CCNC(=NCCc1nc(C(C)C)no1)NC1CCN(C(C)c2ccccc2)CC1. The Labute approximate surface area is 180 Å². The van der Waals surface area contributed by atoms with Crippen molar-refractivity contribution in [2.24, 2.45) is 4.99 Å². The molecule has 164 valence electrons. The van der Waals surface area contributed by atoms with Crippen molar-refractivity contribution in [1.82, 2.24) is 25.7 Å². The standard InChI is InChI=1S/C23H36N6O/c1-5-24-23(25-14-11-21-27-22(17(2)3)28-30-21)26-20-12-15-29(16-13-20)18(4)19-9-7-6-8-10-19/h6-10,17-18,20H,5,11-16H2,1-4H3,(H2,24,25,26). The summed E-state index contributed by atoms with van der Waals surface area (Å²) in [4.78, 5) is 11.7. The van der Waals surface area contributed by atoms with Crippen LogP contribution in [-0.2, 0) is 6.42 Å². The van der Waals surface area contributed by atoms with Crippen LogP contribution in [0.4, 0.5) is 0 Å². The lowest BCUT2D eigenvalue weighted by molar-refractivity contribution is 0.158. The van der Waals surface area contributed by atoms with E-state index in [1.807, 2.05) is 0 Å². The van der Waals surface area contributed by atoms with Crippen LogP contribution < -0.4 is 10.6 Å². The summed E-state index contributed by atoms with van der Waals surface area (Å²) in [6, 6.07) is 11.7. The van der Waals surface area contributed by atoms with Gasteiger partial charge in [-0.2, -0.15) is 4.98 Å². The van der Waals surface area contributed by atoms with Gasteiger partial charge in [0.05, 0.1) is 6.54 Å². The summed E-state index contributed by atoms with van der Waals surface area (Å²) < 4.78 is 5.31. The van der Waals surface area contributed by atoms with E-state index < -0.39 is 0 Å². The van der Waals surface area contributed by atoms with Crippen LogP contribution in [0, 0.1) is 0 Å². The van der Waals surface area contributed by atoms with Crippen molar-refractivity contribution in [3.8, 4) is 0 Å². The molecule has 1 aromatic heterocycles. The molecule has 2 heterocycles. The van der Waals surface area contributed by atoms with Gasteiger partial charge in [-0.05, 0) is 32.3 Å². The third-order valence-electron chi connectivity index (χ3n) is 5.64. The Morgan fingerprint density at radius 2 is 1.93 bits per heavy atom. The van der Waals surface area contributed by atoms with E-state index >= 15 is 0 Å². The van der Waals surface area contributed by atoms with Crippen molar-refractivity contribution in [3.05, 3.63) is 47.6 Å². The normalized spacial score (nSPS) is 17.3. The number of nitrogens with one attached hydrogen (secondary N) is 2. The average Bonchev–Trinajstić information content (AvgIpc) is 3.24. The van der Waals surface area contributed by atoms with Gasteiger partial charge < -0.3 is 15.2 Å². The molecule has 1 unspecified atom stereocenters. The summed E-state index contributed by atoms with van der Waals surface area (Å²) in [5.74, 6) is 2.56. The fraction of sp³-hybridized carbons (Fsp3) is 0.609. The van der Waals surface area contributed by atoms with E-state index in [9.17, 15) is 0 Å². The van der Waals surface area contributed by atoms with Gasteiger partial charge in [0.1, 0.15) is 0 Å². The topological polar surface area (TPSA) is 78.6 Å². The molecule has 7 heteroatoms. The molecular formula is C23H36N6O. The fourth-order valence-electron chi connectivity index (χ4n) is 3.75. The minimum atomic E-state index is 0.278. The molecule has 1 saturated heterocycles. The Morgan fingerprint density at radius 3 is 2.57 bits per heavy atom. The largest absolute Gasteiger partial charge is 0.357 e. The van der Waals surface area contributed by atoms with Crippen LogP contribution in [0.15, 0.2) is 39.8 Å². The van der Waals surface area contributed by atoms with Gasteiger partial charge in [0, 0.05) is 44.1 Å². The first-order valence-corrected chi connectivity index (χ1v) is 11.2. The molecule has 1 fully saturated rings. The number of piperidine rings is 1. The third kappa shape index (κ3) is 6.29. The van der Waals surface area contributed by atoms with E-state index in [1.165, 1.54) is 5.56 Å². The number of nitrogens with zero attached hydrogens (tertiary/aromatic N) is 4. The van der Waals surface area contributed by atoms with Crippen LogP contribution in [-0.4, -0.2) is 53.2 Å². The maximum Gasteiger partial charge on any atom is 0.228 e. The maximum absolute atomic E-state index is 5.31. The minimum absolute atomic E-state index is 0.278. The molecule has 2 aromatic rings. The molecule has 1 aliphatic rings. The van der Waals surface area contributed by atoms with Crippen molar-refractivity contribution < 1.29 is 4.52 Å². The first kappa shape index (κ1) is 22.3. The second kappa shape index (κ2) is 11.1. The number of aliphatic imine (C=N–C) groups is 1. The lowest BCUT2D eigenvalue weighted by atomic mass is 10.0. The Balaban J connectivity index is 1.47. The summed E-state index contributed by atoms with van der Waals surface area (Å²) in [6.07, 6.45) is 2.88. The van der Waals surface area contributed by atoms with E-state index in [1.54, 1.807) is 0 Å². The molecule has 0 spiro atoms. The number of aromatic nitrogens is 2. The molecule has 0 bridgehead atoms. The Hall–Kier alpha value is -2.41. The van der Waals surface area contributed by atoms with Crippen LogP contribution in [0.25, 0.3) is 0 Å². The Kier molecular flexibility index (Phi) is 8.25. The lowest BCUT2D eigenvalue weighted by Gasteiger charge is -2.37. The van der Waals surface area contributed by atoms with Crippen molar-refractivity contribution >= 4 is 5.96 Å².